The van der Waals surface area contributed by atoms with Crippen LogP contribution >= 0.6 is 11.8 Å². The van der Waals surface area contributed by atoms with Gasteiger partial charge in [0.05, 0.1) is 0 Å². The van der Waals surface area contributed by atoms with E-state index in [1.807, 2.05) is 30.2 Å². The summed E-state index contributed by atoms with van der Waals surface area (Å²) in [5.74, 6) is 2.23. The lowest BCUT2D eigenvalue weighted by atomic mass is 10.0. The van der Waals surface area contributed by atoms with Crippen LogP contribution in [0.1, 0.15) is 5.56 Å². The van der Waals surface area contributed by atoms with Gasteiger partial charge in [-0.2, -0.15) is 11.8 Å². The first-order chi connectivity index (χ1) is 12.4. The maximum absolute atomic E-state index is 5.64. The second-order valence-corrected chi connectivity index (χ2v) is 7.53. The molecule has 0 radical (unpaired) electrons. The number of benzene rings is 1. The molecule has 0 unspecified atom stereocenters. The molecule has 0 atom stereocenters. The van der Waals surface area contributed by atoms with Crippen LogP contribution in [0.5, 0.6) is 0 Å². The van der Waals surface area contributed by atoms with Gasteiger partial charge in [-0.1, -0.05) is 30.3 Å². The summed E-state index contributed by atoms with van der Waals surface area (Å²) in [6.45, 7) is 7.65. The van der Waals surface area contributed by atoms with Crippen LogP contribution < -0.4 is 5.73 Å². The fourth-order valence-electron chi connectivity index (χ4n) is 3.24. The lowest BCUT2D eigenvalue weighted by molar-refractivity contribution is 0.141. The molecule has 2 heterocycles. The average Bonchev–Trinajstić information content (AvgIpc) is 2.68. The highest BCUT2D eigenvalue weighted by atomic mass is 32.2. The van der Waals surface area contributed by atoms with Gasteiger partial charge in [-0.05, 0) is 17.2 Å². The first-order valence-corrected chi connectivity index (χ1v) is 10.2. The molecule has 2 aromatic rings. The lowest BCUT2D eigenvalue weighted by Crippen LogP contribution is -2.48. The SMILES string of the molecule is NCCN1CCN(CCSCc2ccccc2-c2cccnc2)CC1. The Hall–Kier alpha value is -1.40. The largest absolute Gasteiger partial charge is 0.329 e. The van der Waals surface area contributed by atoms with Crippen molar-refractivity contribution >= 4 is 11.8 Å². The molecule has 1 aromatic heterocycles. The molecule has 1 aliphatic rings. The number of thioether (sulfide) groups is 1. The highest BCUT2D eigenvalue weighted by molar-refractivity contribution is 7.98. The monoisotopic (exact) mass is 356 g/mol. The highest BCUT2D eigenvalue weighted by Crippen LogP contribution is 2.26. The third kappa shape index (κ3) is 5.54. The van der Waals surface area contributed by atoms with E-state index in [0.29, 0.717) is 0 Å². The molecule has 1 saturated heterocycles. The van der Waals surface area contributed by atoms with Gasteiger partial charge < -0.3 is 5.73 Å². The van der Waals surface area contributed by atoms with Crippen molar-refractivity contribution in [1.82, 2.24) is 14.8 Å². The molecule has 0 saturated carbocycles. The maximum Gasteiger partial charge on any atom is 0.0346 e. The fourth-order valence-corrected chi connectivity index (χ4v) is 4.25. The van der Waals surface area contributed by atoms with Gasteiger partial charge in [0.1, 0.15) is 0 Å². The van der Waals surface area contributed by atoms with Crippen molar-refractivity contribution in [2.45, 2.75) is 5.75 Å². The second kappa shape index (κ2) is 9.92. The summed E-state index contributed by atoms with van der Waals surface area (Å²) < 4.78 is 0. The first kappa shape index (κ1) is 18.4. The van der Waals surface area contributed by atoms with Gasteiger partial charge >= 0.3 is 0 Å². The van der Waals surface area contributed by atoms with Crippen LogP contribution in [0.25, 0.3) is 11.1 Å². The third-order valence-corrected chi connectivity index (χ3v) is 5.70. The number of hydrogen-bond acceptors (Lipinski definition) is 5. The van der Waals surface area contributed by atoms with Crippen LogP contribution in [0.3, 0.4) is 0 Å². The lowest BCUT2D eigenvalue weighted by Gasteiger charge is -2.34. The minimum absolute atomic E-state index is 0.770. The van der Waals surface area contributed by atoms with Crippen molar-refractivity contribution in [1.29, 1.82) is 0 Å². The highest BCUT2D eigenvalue weighted by Gasteiger charge is 2.15. The molecular weight excluding hydrogens is 328 g/mol. The van der Waals surface area contributed by atoms with E-state index >= 15 is 0 Å². The van der Waals surface area contributed by atoms with E-state index < -0.39 is 0 Å². The molecule has 1 aliphatic heterocycles. The van der Waals surface area contributed by atoms with E-state index in [1.54, 1.807) is 0 Å². The predicted molar refractivity (Wildman–Crippen MR) is 108 cm³/mol. The molecule has 2 N–H and O–H groups in total. The van der Waals surface area contributed by atoms with Gasteiger partial charge in [0.25, 0.3) is 0 Å². The standard InChI is InChI=1S/C20H28N4S/c21-7-9-23-10-12-24(13-11-23)14-15-25-17-19-4-1-2-6-20(19)18-5-3-8-22-16-18/h1-6,8,16H,7,9-15,17,21H2. The molecule has 1 aromatic carbocycles. The quantitative estimate of drug-likeness (QED) is 0.737. The van der Waals surface area contributed by atoms with Crippen molar-refractivity contribution in [3.63, 3.8) is 0 Å². The fraction of sp³-hybridized carbons (Fsp3) is 0.450. The van der Waals surface area contributed by atoms with Crippen molar-refractivity contribution in [3.05, 3.63) is 54.4 Å². The summed E-state index contributed by atoms with van der Waals surface area (Å²) in [5, 5.41) is 0. The Labute approximate surface area is 155 Å². The van der Waals surface area contributed by atoms with Gasteiger partial charge in [0.15, 0.2) is 0 Å². The summed E-state index contributed by atoms with van der Waals surface area (Å²) in [5.41, 5.74) is 9.54. The zero-order valence-electron chi connectivity index (χ0n) is 14.8. The van der Waals surface area contributed by atoms with E-state index in [1.165, 1.54) is 42.1 Å². The normalized spacial score (nSPS) is 16.2. The Kier molecular flexibility index (Phi) is 7.30. The molecule has 0 aliphatic carbocycles. The van der Waals surface area contributed by atoms with E-state index in [9.17, 15) is 0 Å². The zero-order valence-corrected chi connectivity index (χ0v) is 15.6. The molecule has 134 valence electrons. The Morgan fingerprint density at radius 2 is 1.72 bits per heavy atom. The van der Waals surface area contributed by atoms with Crippen LogP contribution in [-0.2, 0) is 5.75 Å². The van der Waals surface area contributed by atoms with E-state index in [-0.39, 0.29) is 0 Å². The molecule has 0 spiro atoms. The molecule has 25 heavy (non-hydrogen) atoms. The molecular formula is C20H28N4S. The van der Waals surface area contributed by atoms with Crippen molar-refractivity contribution < 1.29 is 0 Å². The number of nitrogens with zero attached hydrogens (tertiary/aromatic N) is 3. The maximum atomic E-state index is 5.64. The summed E-state index contributed by atoms with van der Waals surface area (Å²) in [4.78, 5) is 9.30. The van der Waals surface area contributed by atoms with Gasteiger partial charge in [-0.25, -0.2) is 0 Å². The van der Waals surface area contributed by atoms with Gasteiger partial charge in [-0.15, -0.1) is 0 Å². The van der Waals surface area contributed by atoms with E-state index in [0.717, 1.165) is 31.9 Å². The number of rotatable bonds is 8. The third-order valence-electron chi connectivity index (χ3n) is 4.71. The Morgan fingerprint density at radius 3 is 2.44 bits per heavy atom. The number of piperazine rings is 1. The molecule has 4 nitrogen and oxygen atoms in total. The smallest absolute Gasteiger partial charge is 0.0346 e. The number of nitrogens with two attached hydrogens (primary N) is 1. The topological polar surface area (TPSA) is 45.4 Å². The number of aromatic nitrogens is 1. The van der Waals surface area contributed by atoms with Crippen LogP contribution in [0.2, 0.25) is 0 Å². The minimum atomic E-state index is 0.770. The summed E-state index contributed by atoms with van der Waals surface area (Å²) >= 11 is 2.02. The van der Waals surface area contributed by atoms with Crippen molar-refractivity contribution in [2.75, 3.05) is 51.6 Å². The van der Waals surface area contributed by atoms with Gasteiger partial charge in [0.2, 0.25) is 0 Å². The molecule has 5 heteroatoms. The van der Waals surface area contributed by atoms with Crippen LogP contribution in [0.15, 0.2) is 48.8 Å². The number of pyridine rings is 1. The molecule has 0 bridgehead atoms. The summed E-state index contributed by atoms with van der Waals surface area (Å²) in [6, 6.07) is 12.8. The summed E-state index contributed by atoms with van der Waals surface area (Å²) in [7, 11) is 0. The first-order valence-electron chi connectivity index (χ1n) is 9.07. The Bertz CT molecular complexity index is 627. The number of hydrogen-bond donors (Lipinski definition) is 1. The van der Waals surface area contributed by atoms with Crippen LogP contribution in [-0.4, -0.2) is 66.3 Å². The van der Waals surface area contributed by atoms with Crippen molar-refractivity contribution in [3.8, 4) is 11.1 Å². The Balaban J connectivity index is 1.44. The molecule has 0 amide bonds. The van der Waals surface area contributed by atoms with Crippen LogP contribution in [0, 0.1) is 0 Å². The zero-order chi connectivity index (χ0) is 17.3. The predicted octanol–water partition coefficient (Wildman–Crippen LogP) is 2.56. The average molecular weight is 357 g/mol. The summed E-state index contributed by atoms with van der Waals surface area (Å²) in [6.07, 6.45) is 3.78. The van der Waals surface area contributed by atoms with Gasteiger partial charge in [0, 0.05) is 75.3 Å². The van der Waals surface area contributed by atoms with E-state index in [2.05, 4.69) is 45.1 Å². The molecule has 1 fully saturated rings. The minimum Gasteiger partial charge on any atom is -0.329 e. The van der Waals surface area contributed by atoms with Crippen LogP contribution in [0.4, 0.5) is 0 Å². The molecule has 3 rings (SSSR count). The van der Waals surface area contributed by atoms with Crippen molar-refractivity contribution in [2.24, 2.45) is 5.73 Å². The van der Waals surface area contributed by atoms with E-state index in [4.69, 9.17) is 5.73 Å². The van der Waals surface area contributed by atoms with Gasteiger partial charge in [-0.3, -0.25) is 14.8 Å². The Morgan fingerprint density at radius 1 is 0.960 bits per heavy atom. The second-order valence-electron chi connectivity index (χ2n) is 6.42.